The quantitative estimate of drug-likeness (QED) is 0.782. The van der Waals surface area contributed by atoms with Crippen molar-refractivity contribution in [2.75, 3.05) is 0 Å². The van der Waals surface area contributed by atoms with Gasteiger partial charge in [0.2, 0.25) is 0 Å². The Labute approximate surface area is 112 Å². The fourth-order valence-electron chi connectivity index (χ4n) is 1.92. The third-order valence-corrected chi connectivity index (χ3v) is 4.16. The Hall–Kier alpha value is -1.32. The van der Waals surface area contributed by atoms with Crippen LogP contribution in [-0.4, -0.2) is 8.42 Å². The summed E-state index contributed by atoms with van der Waals surface area (Å²) < 4.78 is 22.5. The Kier molecular flexibility index (Phi) is 3.46. The molecule has 2 nitrogen and oxygen atoms in total. The van der Waals surface area contributed by atoms with E-state index in [1.807, 2.05) is 32.0 Å². The molecule has 0 saturated carbocycles. The first-order valence-corrected chi connectivity index (χ1v) is 7.81. The van der Waals surface area contributed by atoms with E-state index < -0.39 is 9.05 Å². The van der Waals surface area contributed by atoms with Crippen LogP contribution in [0.25, 0.3) is 11.1 Å². The molecular formula is C14H13ClO2S. The van der Waals surface area contributed by atoms with Crippen molar-refractivity contribution in [1.82, 2.24) is 0 Å². The first kappa shape index (κ1) is 13.1. The highest BCUT2D eigenvalue weighted by Gasteiger charge is 2.11. The van der Waals surface area contributed by atoms with Crippen LogP contribution in [0.4, 0.5) is 0 Å². The van der Waals surface area contributed by atoms with Crippen molar-refractivity contribution in [3.05, 3.63) is 53.6 Å². The minimum atomic E-state index is -3.66. The highest BCUT2D eigenvalue weighted by molar-refractivity contribution is 8.13. The van der Waals surface area contributed by atoms with Gasteiger partial charge in [-0.3, -0.25) is 0 Å². The first-order valence-electron chi connectivity index (χ1n) is 5.50. The highest BCUT2D eigenvalue weighted by Crippen LogP contribution is 2.27. The minimum absolute atomic E-state index is 0.137. The molecule has 94 valence electrons. The second-order valence-corrected chi connectivity index (χ2v) is 6.85. The molecule has 0 unspecified atom stereocenters. The first-order chi connectivity index (χ1) is 8.38. The van der Waals surface area contributed by atoms with Gasteiger partial charge in [0.05, 0.1) is 4.90 Å². The van der Waals surface area contributed by atoms with E-state index in [1.165, 1.54) is 11.6 Å². The van der Waals surface area contributed by atoms with E-state index in [9.17, 15) is 8.42 Å². The summed E-state index contributed by atoms with van der Waals surface area (Å²) in [5.74, 6) is 0. The number of halogens is 1. The number of benzene rings is 2. The predicted octanol–water partition coefficient (Wildman–Crippen LogP) is 3.90. The lowest BCUT2D eigenvalue weighted by Gasteiger charge is -2.08. The smallest absolute Gasteiger partial charge is 0.207 e. The Bertz CT molecular complexity index is 691. The van der Waals surface area contributed by atoms with Crippen molar-refractivity contribution >= 4 is 19.7 Å². The molecule has 0 aliphatic rings. The molecule has 0 bridgehead atoms. The van der Waals surface area contributed by atoms with Crippen LogP contribution in [0.1, 0.15) is 11.1 Å². The SMILES string of the molecule is Cc1cccc(-c2ccc(S(=O)(=O)Cl)cc2C)c1. The molecule has 0 radical (unpaired) electrons. The average Bonchev–Trinajstić information content (AvgIpc) is 2.27. The summed E-state index contributed by atoms with van der Waals surface area (Å²) >= 11 is 0. The van der Waals surface area contributed by atoms with Gasteiger partial charge in [-0.05, 0) is 42.7 Å². The summed E-state index contributed by atoms with van der Waals surface area (Å²) in [5.41, 5.74) is 4.15. The third-order valence-electron chi connectivity index (χ3n) is 2.81. The number of rotatable bonds is 2. The molecule has 0 spiro atoms. The van der Waals surface area contributed by atoms with E-state index in [1.54, 1.807) is 12.1 Å². The van der Waals surface area contributed by atoms with Gasteiger partial charge in [-0.2, -0.15) is 0 Å². The van der Waals surface area contributed by atoms with Crippen molar-refractivity contribution in [2.45, 2.75) is 18.7 Å². The molecule has 4 heteroatoms. The third kappa shape index (κ3) is 2.74. The molecule has 0 aromatic heterocycles. The predicted molar refractivity (Wildman–Crippen MR) is 74.4 cm³/mol. The zero-order valence-electron chi connectivity index (χ0n) is 10.1. The van der Waals surface area contributed by atoms with E-state index in [0.29, 0.717) is 0 Å². The van der Waals surface area contributed by atoms with Crippen LogP contribution in [0.3, 0.4) is 0 Å². The van der Waals surface area contributed by atoms with E-state index in [2.05, 4.69) is 6.07 Å². The topological polar surface area (TPSA) is 34.1 Å². The summed E-state index contributed by atoms with van der Waals surface area (Å²) in [6, 6.07) is 13.0. The molecule has 2 rings (SSSR count). The minimum Gasteiger partial charge on any atom is -0.207 e. The van der Waals surface area contributed by atoms with Gasteiger partial charge < -0.3 is 0 Å². The fourth-order valence-corrected chi connectivity index (χ4v) is 2.76. The van der Waals surface area contributed by atoms with Gasteiger partial charge in [-0.25, -0.2) is 8.42 Å². The zero-order valence-corrected chi connectivity index (χ0v) is 11.7. The van der Waals surface area contributed by atoms with Crippen LogP contribution in [0.15, 0.2) is 47.4 Å². The van der Waals surface area contributed by atoms with Gasteiger partial charge in [0.25, 0.3) is 9.05 Å². The van der Waals surface area contributed by atoms with Crippen LogP contribution in [0.5, 0.6) is 0 Å². The fraction of sp³-hybridized carbons (Fsp3) is 0.143. The molecule has 0 amide bonds. The van der Waals surface area contributed by atoms with Gasteiger partial charge in [0, 0.05) is 10.7 Å². The molecule has 0 fully saturated rings. The molecule has 0 saturated heterocycles. The second-order valence-electron chi connectivity index (χ2n) is 4.28. The molecular weight excluding hydrogens is 268 g/mol. The maximum Gasteiger partial charge on any atom is 0.261 e. The van der Waals surface area contributed by atoms with Gasteiger partial charge in [-0.1, -0.05) is 35.9 Å². The van der Waals surface area contributed by atoms with E-state index in [4.69, 9.17) is 10.7 Å². The summed E-state index contributed by atoms with van der Waals surface area (Å²) in [4.78, 5) is 0.137. The monoisotopic (exact) mass is 280 g/mol. The van der Waals surface area contributed by atoms with Crippen LogP contribution in [-0.2, 0) is 9.05 Å². The molecule has 18 heavy (non-hydrogen) atoms. The number of aryl methyl sites for hydroxylation is 2. The Morgan fingerprint density at radius 2 is 1.72 bits per heavy atom. The molecule has 2 aromatic carbocycles. The molecule has 0 aliphatic heterocycles. The van der Waals surface area contributed by atoms with E-state index in [-0.39, 0.29) is 4.90 Å². The standard InChI is InChI=1S/C14H13ClO2S/c1-10-4-3-5-12(8-10)14-7-6-13(9-11(14)2)18(15,16)17/h3-9H,1-2H3. The highest BCUT2D eigenvalue weighted by atomic mass is 35.7. The van der Waals surface area contributed by atoms with Crippen molar-refractivity contribution in [1.29, 1.82) is 0 Å². The van der Waals surface area contributed by atoms with Gasteiger partial charge in [-0.15, -0.1) is 0 Å². The van der Waals surface area contributed by atoms with Crippen molar-refractivity contribution < 1.29 is 8.42 Å². The van der Waals surface area contributed by atoms with Crippen LogP contribution in [0.2, 0.25) is 0 Å². The normalized spacial score (nSPS) is 11.5. The van der Waals surface area contributed by atoms with Crippen LogP contribution in [0, 0.1) is 13.8 Å². The van der Waals surface area contributed by atoms with Gasteiger partial charge in [0.15, 0.2) is 0 Å². The molecule has 0 heterocycles. The van der Waals surface area contributed by atoms with E-state index >= 15 is 0 Å². The zero-order chi connectivity index (χ0) is 13.3. The van der Waals surface area contributed by atoms with Crippen molar-refractivity contribution in [3.8, 4) is 11.1 Å². The van der Waals surface area contributed by atoms with Gasteiger partial charge in [0.1, 0.15) is 0 Å². The molecule has 0 N–H and O–H groups in total. The van der Waals surface area contributed by atoms with Crippen LogP contribution < -0.4 is 0 Å². The number of hydrogen-bond acceptors (Lipinski definition) is 2. The second kappa shape index (κ2) is 4.75. The Morgan fingerprint density at radius 3 is 2.28 bits per heavy atom. The maximum absolute atomic E-state index is 11.3. The lowest BCUT2D eigenvalue weighted by Crippen LogP contribution is -1.93. The van der Waals surface area contributed by atoms with Crippen LogP contribution >= 0.6 is 10.7 Å². The summed E-state index contributed by atoms with van der Waals surface area (Å²) in [6.07, 6.45) is 0. The molecule has 0 aliphatic carbocycles. The molecule has 0 atom stereocenters. The average molecular weight is 281 g/mol. The van der Waals surface area contributed by atoms with E-state index in [0.717, 1.165) is 16.7 Å². The van der Waals surface area contributed by atoms with Crippen molar-refractivity contribution in [3.63, 3.8) is 0 Å². The number of hydrogen-bond donors (Lipinski definition) is 0. The maximum atomic E-state index is 11.3. The lowest BCUT2D eigenvalue weighted by molar-refractivity contribution is 0.609. The summed E-state index contributed by atoms with van der Waals surface area (Å²) in [7, 11) is 1.67. The summed E-state index contributed by atoms with van der Waals surface area (Å²) in [5, 5.41) is 0. The molecule has 2 aromatic rings. The Morgan fingerprint density at radius 1 is 1.00 bits per heavy atom. The van der Waals surface area contributed by atoms with Crippen molar-refractivity contribution in [2.24, 2.45) is 0 Å². The Balaban J connectivity index is 2.55. The van der Waals surface area contributed by atoms with Gasteiger partial charge >= 0.3 is 0 Å². The lowest BCUT2D eigenvalue weighted by atomic mass is 9.99. The largest absolute Gasteiger partial charge is 0.261 e. The summed E-state index contributed by atoms with van der Waals surface area (Å²) in [6.45, 7) is 3.90.